The van der Waals surface area contributed by atoms with Gasteiger partial charge in [-0.05, 0) is 30.5 Å². The van der Waals surface area contributed by atoms with E-state index in [1.807, 2.05) is 20.9 Å². The normalized spacial score (nSPS) is 13.0. The molecule has 1 aromatic carbocycles. The number of hydrogen-bond acceptors (Lipinski definition) is 4. The van der Waals surface area contributed by atoms with Gasteiger partial charge in [-0.2, -0.15) is 5.10 Å². The Morgan fingerprint density at radius 3 is 2.64 bits per heavy atom. The lowest BCUT2D eigenvalue weighted by Crippen LogP contribution is -2.30. The molecule has 136 valence electrons. The number of benzene rings is 1. The monoisotopic (exact) mass is 364 g/mol. The highest BCUT2D eigenvalue weighted by atomic mass is 35.5. The Labute approximate surface area is 154 Å². The van der Waals surface area contributed by atoms with Gasteiger partial charge in [-0.15, -0.1) is 12.4 Å². The molecule has 1 aromatic heterocycles. The molecule has 0 atom stereocenters. The minimum absolute atomic E-state index is 0. The third kappa shape index (κ3) is 3.80. The van der Waals surface area contributed by atoms with Crippen LogP contribution in [0.1, 0.15) is 38.4 Å². The van der Waals surface area contributed by atoms with Gasteiger partial charge in [-0.1, -0.05) is 12.1 Å². The predicted octanol–water partition coefficient (Wildman–Crippen LogP) is 2.37. The fraction of sp³-hybridized carbons (Fsp3) is 0.444. The number of nitrogens with zero attached hydrogens (tertiary/aromatic N) is 2. The first-order valence-electron chi connectivity index (χ1n) is 8.17. The lowest BCUT2D eigenvalue weighted by Gasteiger charge is -2.19. The van der Waals surface area contributed by atoms with Crippen LogP contribution in [0.2, 0.25) is 0 Å². The second-order valence-corrected chi connectivity index (χ2v) is 6.38. The summed E-state index contributed by atoms with van der Waals surface area (Å²) in [5, 5.41) is 10.5. The number of nitrogens with one attached hydrogen (secondary N) is 2. The molecule has 2 aromatic rings. The number of rotatable bonds is 4. The van der Waals surface area contributed by atoms with Crippen molar-refractivity contribution in [1.82, 2.24) is 20.4 Å². The Balaban J connectivity index is 0.00000225. The van der Waals surface area contributed by atoms with E-state index in [2.05, 4.69) is 27.6 Å². The van der Waals surface area contributed by atoms with Gasteiger partial charge in [0.1, 0.15) is 5.75 Å². The molecule has 1 aliphatic rings. The van der Waals surface area contributed by atoms with Crippen molar-refractivity contribution in [2.24, 2.45) is 0 Å². The molecule has 0 spiro atoms. The molecule has 0 unspecified atom stereocenters. The lowest BCUT2D eigenvalue weighted by atomic mass is 10.0. The number of ether oxygens (including phenoxy) is 1. The molecule has 2 N–H and O–H groups in total. The van der Waals surface area contributed by atoms with E-state index < -0.39 is 0 Å². The van der Waals surface area contributed by atoms with Crippen molar-refractivity contribution in [3.8, 4) is 5.75 Å². The molecule has 0 saturated carbocycles. The first kappa shape index (κ1) is 19.3. The number of fused-ring (bicyclic) bond motifs is 1. The minimum atomic E-state index is -0.0534. The van der Waals surface area contributed by atoms with Gasteiger partial charge in [0.25, 0.3) is 5.91 Å². The van der Waals surface area contributed by atoms with Crippen molar-refractivity contribution in [1.29, 1.82) is 0 Å². The maximum absolute atomic E-state index is 12.8. The van der Waals surface area contributed by atoms with Crippen molar-refractivity contribution in [3.63, 3.8) is 0 Å². The molecule has 7 heteroatoms. The van der Waals surface area contributed by atoms with Crippen LogP contribution in [0.15, 0.2) is 12.1 Å². The van der Waals surface area contributed by atoms with E-state index in [0.717, 1.165) is 46.7 Å². The smallest absolute Gasteiger partial charge is 0.274 e. The number of amides is 1. The van der Waals surface area contributed by atoms with Gasteiger partial charge in [0.05, 0.1) is 7.11 Å². The highest BCUT2D eigenvalue weighted by Crippen LogP contribution is 2.25. The maximum Gasteiger partial charge on any atom is 0.274 e. The highest BCUT2D eigenvalue weighted by molar-refractivity contribution is 5.93. The van der Waals surface area contributed by atoms with Gasteiger partial charge >= 0.3 is 0 Å². The van der Waals surface area contributed by atoms with E-state index in [1.54, 1.807) is 12.0 Å². The van der Waals surface area contributed by atoms with Gasteiger partial charge in [-0.3, -0.25) is 9.89 Å². The third-order valence-corrected chi connectivity index (χ3v) is 4.50. The van der Waals surface area contributed by atoms with E-state index in [9.17, 15) is 4.79 Å². The second-order valence-electron chi connectivity index (χ2n) is 6.38. The van der Waals surface area contributed by atoms with Crippen LogP contribution in [0.3, 0.4) is 0 Å². The molecular formula is C18H25ClN4O2. The molecule has 6 nitrogen and oxygen atoms in total. The largest absolute Gasteiger partial charge is 0.496 e. The Kier molecular flexibility index (Phi) is 6.08. The van der Waals surface area contributed by atoms with E-state index in [1.165, 1.54) is 0 Å². The van der Waals surface area contributed by atoms with Gasteiger partial charge in [0, 0.05) is 44.4 Å². The molecule has 1 aliphatic heterocycles. The number of H-pyrrole nitrogens is 1. The second kappa shape index (κ2) is 7.89. The third-order valence-electron chi connectivity index (χ3n) is 4.50. The molecule has 3 rings (SSSR count). The summed E-state index contributed by atoms with van der Waals surface area (Å²) in [7, 11) is 3.49. The van der Waals surface area contributed by atoms with Crippen LogP contribution in [-0.4, -0.2) is 41.7 Å². The summed E-state index contributed by atoms with van der Waals surface area (Å²) < 4.78 is 5.40. The Morgan fingerprint density at radius 2 is 2.00 bits per heavy atom. The van der Waals surface area contributed by atoms with Crippen molar-refractivity contribution < 1.29 is 9.53 Å². The SMILES string of the molecule is COc1c(C)cc(CN(C)C(=O)c2n[nH]c3c2CNCC3)cc1C.Cl. The fourth-order valence-corrected chi connectivity index (χ4v) is 3.38. The van der Waals surface area contributed by atoms with Crippen LogP contribution in [-0.2, 0) is 19.5 Å². The standard InChI is InChI=1S/C18H24N4O2.ClH/c1-11-7-13(8-12(2)17(11)24-4)10-22(3)18(23)16-14-9-19-6-5-15(14)20-21-16;/h7-8,19H,5-6,9-10H2,1-4H3,(H,20,21);1H. The summed E-state index contributed by atoms with van der Waals surface area (Å²) in [5.41, 5.74) is 5.84. The summed E-state index contributed by atoms with van der Waals surface area (Å²) >= 11 is 0. The number of methoxy groups -OCH3 is 1. The van der Waals surface area contributed by atoms with Gasteiger partial charge in [0.2, 0.25) is 0 Å². The molecule has 1 amide bonds. The Hall–Kier alpha value is -2.05. The van der Waals surface area contributed by atoms with E-state index in [0.29, 0.717) is 18.8 Å². The predicted molar refractivity (Wildman–Crippen MR) is 99.5 cm³/mol. The Bertz CT molecular complexity index is 749. The quantitative estimate of drug-likeness (QED) is 0.873. The molecule has 0 bridgehead atoms. The zero-order chi connectivity index (χ0) is 17.3. The number of aryl methyl sites for hydroxylation is 2. The molecular weight excluding hydrogens is 340 g/mol. The molecule has 25 heavy (non-hydrogen) atoms. The average Bonchev–Trinajstić information content (AvgIpc) is 2.97. The van der Waals surface area contributed by atoms with Crippen LogP contribution in [0.5, 0.6) is 5.75 Å². The Morgan fingerprint density at radius 1 is 1.32 bits per heavy atom. The summed E-state index contributed by atoms with van der Waals surface area (Å²) in [6.45, 7) is 6.20. The lowest BCUT2D eigenvalue weighted by molar-refractivity contribution is 0.0778. The van der Waals surface area contributed by atoms with Crippen LogP contribution < -0.4 is 10.1 Å². The summed E-state index contributed by atoms with van der Waals surface area (Å²) in [4.78, 5) is 14.5. The number of hydrogen-bond donors (Lipinski definition) is 2. The van der Waals surface area contributed by atoms with Gasteiger partial charge in [-0.25, -0.2) is 0 Å². The molecule has 0 aliphatic carbocycles. The van der Waals surface area contributed by atoms with Crippen LogP contribution >= 0.6 is 12.4 Å². The van der Waals surface area contributed by atoms with Crippen molar-refractivity contribution in [3.05, 3.63) is 45.8 Å². The van der Waals surface area contributed by atoms with Crippen molar-refractivity contribution >= 4 is 18.3 Å². The highest BCUT2D eigenvalue weighted by Gasteiger charge is 2.24. The topological polar surface area (TPSA) is 70.2 Å². The van der Waals surface area contributed by atoms with Gasteiger partial charge in [0.15, 0.2) is 5.69 Å². The molecule has 0 fully saturated rings. The first-order chi connectivity index (χ1) is 11.5. The number of aromatic nitrogens is 2. The van der Waals surface area contributed by atoms with E-state index in [4.69, 9.17) is 4.74 Å². The van der Waals surface area contributed by atoms with Gasteiger partial charge < -0.3 is 15.0 Å². The maximum atomic E-state index is 12.8. The zero-order valence-corrected chi connectivity index (χ0v) is 15.9. The number of carbonyl (C=O) groups is 1. The summed E-state index contributed by atoms with van der Waals surface area (Å²) in [6, 6.07) is 4.13. The summed E-state index contributed by atoms with van der Waals surface area (Å²) in [6.07, 6.45) is 0.885. The van der Waals surface area contributed by atoms with Crippen molar-refractivity contribution in [2.75, 3.05) is 20.7 Å². The van der Waals surface area contributed by atoms with Crippen LogP contribution in [0.25, 0.3) is 0 Å². The van der Waals surface area contributed by atoms with E-state index in [-0.39, 0.29) is 18.3 Å². The summed E-state index contributed by atoms with van der Waals surface area (Å²) in [5.74, 6) is 0.850. The molecule has 0 radical (unpaired) electrons. The molecule has 0 saturated heterocycles. The molecule has 2 heterocycles. The number of carbonyl (C=O) groups excluding carboxylic acids is 1. The average molecular weight is 365 g/mol. The first-order valence-corrected chi connectivity index (χ1v) is 8.17. The van der Waals surface area contributed by atoms with Crippen molar-refractivity contribution in [2.45, 2.75) is 33.4 Å². The van der Waals surface area contributed by atoms with E-state index >= 15 is 0 Å². The number of aromatic amines is 1. The minimum Gasteiger partial charge on any atom is -0.496 e. The zero-order valence-electron chi connectivity index (χ0n) is 15.1. The van der Waals surface area contributed by atoms with Crippen LogP contribution in [0, 0.1) is 13.8 Å². The van der Waals surface area contributed by atoms with Crippen LogP contribution in [0.4, 0.5) is 0 Å². The number of halogens is 1. The fourth-order valence-electron chi connectivity index (χ4n) is 3.38.